The van der Waals surface area contributed by atoms with Crippen molar-refractivity contribution in [3.8, 4) is 26.8 Å². The van der Waals surface area contributed by atoms with Crippen molar-refractivity contribution in [3.63, 3.8) is 0 Å². The summed E-state index contributed by atoms with van der Waals surface area (Å²) in [6.07, 6.45) is 1.86. The second kappa shape index (κ2) is 8.76. The molecule has 3 aromatic rings. The zero-order chi connectivity index (χ0) is 21.0. The monoisotopic (exact) mass is 411 g/mol. The first-order valence-electron chi connectivity index (χ1n) is 9.36. The normalized spacial score (nSPS) is 11.4. The van der Waals surface area contributed by atoms with Gasteiger partial charge in [-0.15, -0.1) is 11.3 Å². The van der Waals surface area contributed by atoms with Crippen LogP contribution >= 0.6 is 11.3 Å². The quantitative estimate of drug-likeness (QED) is 0.520. The first-order valence-corrected chi connectivity index (χ1v) is 10.2. The Balaban J connectivity index is 1.90. The molecule has 0 bridgehead atoms. The molecule has 6 heteroatoms. The number of aromatic carboxylic acids is 1. The summed E-state index contributed by atoms with van der Waals surface area (Å²) in [5.74, 6) is -0.0637. The minimum atomic E-state index is -0.932. The molecule has 1 heterocycles. The molecule has 29 heavy (non-hydrogen) atoms. The van der Waals surface area contributed by atoms with Gasteiger partial charge in [-0.25, -0.2) is 9.78 Å². The summed E-state index contributed by atoms with van der Waals surface area (Å²) in [4.78, 5) is 16.6. The van der Waals surface area contributed by atoms with Crippen LogP contribution in [0.15, 0.2) is 48.7 Å². The van der Waals surface area contributed by atoms with Gasteiger partial charge in [0.15, 0.2) is 0 Å². The van der Waals surface area contributed by atoms with Crippen molar-refractivity contribution < 1.29 is 19.4 Å². The average molecular weight is 412 g/mol. The van der Waals surface area contributed by atoms with Gasteiger partial charge in [0, 0.05) is 24.4 Å². The molecular formula is C23H25NO4S. The van der Waals surface area contributed by atoms with Crippen molar-refractivity contribution in [2.45, 2.75) is 26.2 Å². The molecule has 152 valence electrons. The van der Waals surface area contributed by atoms with Crippen LogP contribution in [0.1, 0.15) is 36.7 Å². The van der Waals surface area contributed by atoms with E-state index < -0.39 is 5.97 Å². The Bertz CT molecular complexity index is 987. The van der Waals surface area contributed by atoms with Crippen LogP contribution in [0.25, 0.3) is 21.0 Å². The Kier molecular flexibility index (Phi) is 6.35. The maximum absolute atomic E-state index is 11.0. The van der Waals surface area contributed by atoms with Crippen LogP contribution < -0.4 is 4.74 Å². The number of rotatable bonds is 7. The molecule has 0 saturated heterocycles. The highest BCUT2D eigenvalue weighted by molar-refractivity contribution is 7.18. The number of hydrogen-bond donors (Lipinski definition) is 1. The van der Waals surface area contributed by atoms with Crippen molar-refractivity contribution in [1.29, 1.82) is 0 Å². The molecular weight excluding hydrogens is 386 g/mol. The molecule has 5 nitrogen and oxygen atoms in total. The van der Waals surface area contributed by atoms with Crippen LogP contribution in [0.5, 0.6) is 5.75 Å². The third-order valence-corrected chi connectivity index (χ3v) is 5.60. The van der Waals surface area contributed by atoms with Gasteiger partial charge in [0.05, 0.1) is 17.0 Å². The van der Waals surface area contributed by atoms with Gasteiger partial charge >= 0.3 is 5.97 Å². The Labute approximate surface area is 175 Å². The second-order valence-corrected chi connectivity index (χ2v) is 8.75. The molecule has 0 saturated carbocycles. The number of ether oxygens (including phenoxy) is 2. The lowest BCUT2D eigenvalue weighted by atomic mass is 9.85. The van der Waals surface area contributed by atoms with Gasteiger partial charge in [0.2, 0.25) is 0 Å². The minimum absolute atomic E-state index is 0.0708. The van der Waals surface area contributed by atoms with Crippen molar-refractivity contribution in [2.24, 2.45) is 0 Å². The van der Waals surface area contributed by atoms with Gasteiger partial charge in [0.1, 0.15) is 17.4 Å². The molecule has 0 aliphatic carbocycles. The molecule has 0 amide bonds. The molecule has 3 rings (SSSR count). The van der Waals surface area contributed by atoms with Crippen molar-refractivity contribution in [1.82, 2.24) is 4.98 Å². The Morgan fingerprint density at radius 2 is 1.76 bits per heavy atom. The van der Waals surface area contributed by atoms with E-state index in [-0.39, 0.29) is 11.0 Å². The van der Waals surface area contributed by atoms with Crippen LogP contribution in [0.2, 0.25) is 0 Å². The minimum Gasteiger partial charge on any atom is -0.491 e. The summed E-state index contributed by atoms with van der Waals surface area (Å²) in [5.41, 5.74) is 3.32. The van der Waals surface area contributed by atoms with Gasteiger partial charge in [-0.3, -0.25) is 0 Å². The molecule has 1 N–H and O–H groups in total. The lowest BCUT2D eigenvalue weighted by molar-refractivity contribution is 0.0697. The molecule has 0 fully saturated rings. The van der Waals surface area contributed by atoms with Crippen LogP contribution in [0.3, 0.4) is 0 Å². The van der Waals surface area contributed by atoms with E-state index in [0.717, 1.165) is 32.3 Å². The maximum Gasteiger partial charge on any atom is 0.335 e. The zero-order valence-corrected chi connectivity index (χ0v) is 17.9. The first kappa shape index (κ1) is 21.0. The van der Waals surface area contributed by atoms with E-state index in [2.05, 4.69) is 31.8 Å². The van der Waals surface area contributed by atoms with Crippen LogP contribution in [0, 0.1) is 0 Å². The van der Waals surface area contributed by atoms with E-state index in [1.54, 1.807) is 42.7 Å². The van der Waals surface area contributed by atoms with Gasteiger partial charge in [-0.2, -0.15) is 0 Å². The highest BCUT2D eigenvalue weighted by Crippen LogP contribution is 2.38. The van der Waals surface area contributed by atoms with Gasteiger partial charge in [-0.05, 0) is 41.3 Å². The lowest BCUT2D eigenvalue weighted by Crippen LogP contribution is -2.15. The van der Waals surface area contributed by atoms with Crippen LogP contribution in [-0.4, -0.2) is 36.4 Å². The Morgan fingerprint density at radius 3 is 2.38 bits per heavy atom. The topological polar surface area (TPSA) is 68.7 Å². The Hall–Kier alpha value is -2.70. The van der Waals surface area contributed by atoms with Crippen LogP contribution in [0.4, 0.5) is 0 Å². The fourth-order valence-corrected chi connectivity index (χ4v) is 3.84. The number of thiazole rings is 1. The number of methoxy groups -OCH3 is 1. The summed E-state index contributed by atoms with van der Waals surface area (Å²) in [7, 11) is 1.66. The highest BCUT2D eigenvalue weighted by atomic mass is 32.1. The molecule has 0 unspecified atom stereocenters. The first-order chi connectivity index (χ1) is 13.8. The largest absolute Gasteiger partial charge is 0.491 e. The van der Waals surface area contributed by atoms with Gasteiger partial charge in [-0.1, -0.05) is 32.9 Å². The summed E-state index contributed by atoms with van der Waals surface area (Å²) < 4.78 is 11.0. The number of carbonyl (C=O) groups is 1. The van der Waals surface area contributed by atoms with E-state index in [4.69, 9.17) is 14.6 Å². The number of carboxylic acids is 1. The number of hydrogen-bond acceptors (Lipinski definition) is 5. The molecule has 0 aliphatic heterocycles. The summed E-state index contributed by atoms with van der Waals surface area (Å²) in [6.45, 7) is 7.55. The van der Waals surface area contributed by atoms with Gasteiger partial charge < -0.3 is 14.6 Å². The maximum atomic E-state index is 11.0. The van der Waals surface area contributed by atoms with Crippen molar-refractivity contribution in [3.05, 3.63) is 59.8 Å². The fraction of sp³-hybridized carbons (Fsp3) is 0.304. The van der Waals surface area contributed by atoms with E-state index in [1.807, 2.05) is 18.3 Å². The average Bonchev–Trinajstić information content (AvgIpc) is 3.18. The van der Waals surface area contributed by atoms with Gasteiger partial charge in [0.25, 0.3) is 0 Å². The van der Waals surface area contributed by atoms with E-state index >= 15 is 0 Å². The lowest BCUT2D eigenvalue weighted by Gasteiger charge is -2.23. The summed E-state index contributed by atoms with van der Waals surface area (Å²) in [5, 5.41) is 9.91. The van der Waals surface area contributed by atoms with E-state index in [9.17, 15) is 4.79 Å². The third kappa shape index (κ3) is 5.02. The molecule has 1 aromatic heterocycles. The zero-order valence-electron chi connectivity index (χ0n) is 17.1. The van der Waals surface area contributed by atoms with Crippen molar-refractivity contribution >= 4 is 17.3 Å². The SMILES string of the molecule is COCCOc1ccc(-c2cnc(-c3ccc(C(=O)O)cc3)s2)cc1C(C)(C)C. The number of carboxylic acid groups (broad SMARTS) is 1. The predicted molar refractivity (Wildman–Crippen MR) is 116 cm³/mol. The second-order valence-electron chi connectivity index (χ2n) is 7.71. The fourth-order valence-electron chi connectivity index (χ4n) is 2.93. The molecule has 0 radical (unpaired) electrons. The predicted octanol–water partition coefficient (Wildman–Crippen LogP) is 5.50. The summed E-state index contributed by atoms with van der Waals surface area (Å²) in [6, 6.07) is 13.0. The number of nitrogens with zero attached hydrogens (tertiary/aromatic N) is 1. The smallest absolute Gasteiger partial charge is 0.335 e. The third-order valence-electron chi connectivity index (χ3n) is 4.50. The Morgan fingerprint density at radius 1 is 1.07 bits per heavy atom. The number of benzene rings is 2. The van der Waals surface area contributed by atoms with Crippen molar-refractivity contribution in [2.75, 3.05) is 20.3 Å². The summed E-state index contributed by atoms with van der Waals surface area (Å²) >= 11 is 1.58. The molecule has 0 atom stereocenters. The molecule has 0 aliphatic rings. The van der Waals surface area contributed by atoms with E-state index in [0.29, 0.717) is 13.2 Å². The van der Waals surface area contributed by atoms with Crippen LogP contribution in [-0.2, 0) is 10.2 Å². The molecule has 2 aromatic carbocycles. The highest BCUT2D eigenvalue weighted by Gasteiger charge is 2.20. The van der Waals surface area contributed by atoms with E-state index in [1.165, 1.54) is 0 Å². The standard InChI is InChI=1S/C23H25NO4S/c1-23(2,3)18-13-17(9-10-19(18)28-12-11-27-4)20-14-24-21(29-20)15-5-7-16(8-6-15)22(25)26/h5-10,13-14H,11-12H2,1-4H3,(H,25,26). The molecule has 0 spiro atoms. The number of aromatic nitrogens is 1.